The van der Waals surface area contributed by atoms with Crippen LogP contribution in [0.1, 0.15) is 77.6 Å². The van der Waals surface area contributed by atoms with Crippen molar-refractivity contribution in [1.29, 1.82) is 0 Å². The SMILES string of the molecule is O=C1CC(=O)C(c2cn(CCOCCOCCNC3CCCc4ccccc43)c3ccccc23)=C1c1cn(CCNC2CCCc3ccccc32)c2ccccc12. The number of rotatable bonds is 16. The number of aryl methyl sites for hydroxylation is 2. The van der Waals surface area contributed by atoms with Crippen LogP contribution < -0.4 is 10.6 Å². The molecule has 0 radical (unpaired) electrons. The van der Waals surface area contributed by atoms with E-state index in [1.165, 1.54) is 41.5 Å². The first kappa shape index (κ1) is 37.5. The van der Waals surface area contributed by atoms with Gasteiger partial charge in [0, 0.05) is 94.7 Å². The number of nitrogens with zero attached hydrogens (tertiary/aromatic N) is 2. The van der Waals surface area contributed by atoms with Crippen LogP contribution in [0.4, 0.5) is 0 Å². The van der Waals surface area contributed by atoms with E-state index in [1.807, 2.05) is 30.5 Å². The number of ether oxygens (including phenoxy) is 2. The highest BCUT2D eigenvalue weighted by Crippen LogP contribution is 2.42. The van der Waals surface area contributed by atoms with Crippen molar-refractivity contribution in [1.82, 2.24) is 19.8 Å². The van der Waals surface area contributed by atoms with Gasteiger partial charge in [-0.3, -0.25) is 9.59 Å². The van der Waals surface area contributed by atoms with Gasteiger partial charge in [-0.1, -0.05) is 84.9 Å². The van der Waals surface area contributed by atoms with Crippen molar-refractivity contribution in [2.45, 2.75) is 70.1 Å². The second-order valence-corrected chi connectivity index (χ2v) is 15.7. The van der Waals surface area contributed by atoms with Crippen LogP contribution in [0.3, 0.4) is 0 Å². The molecule has 3 aliphatic rings. The second kappa shape index (κ2) is 17.2. The lowest BCUT2D eigenvalue weighted by Gasteiger charge is -2.26. The molecule has 292 valence electrons. The molecular weight excluding hydrogens is 709 g/mol. The summed E-state index contributed by atoms with van der Waals surface area (Å²) in [7, 11) is 0. The smallest absolute Gasteiger partial charge is 0.172 e. The summed E-state index contributed by atoms with van der Waals surface area (Å²) in [5, 5.41) is 9.44. The summed E-state index contributed by atoms with van der Waals surface area (Å²) < 4.78 is 16.3. The highest BCUT2D eigenvalue weighted by molar-refractivity contribution is 6.52. The quantitative estimate of drug-likeness (QED) is 0.0762. The number of allylic oxidation sites excluding steroid dienone is 2. The highest BCUT2D eigenvalue weighted by atomic mass is 16.5. The maximum absolute atomic E-state index is 13.8. The Bertz CT molecular complexity index is 2440. The monoisotopic (exact) mass is 760 g/mol. The van der Waals surface area contributed by atoms with Crippen LogP contribution in [-0.2, 0) is 45.0 Å². The second-order valence-electron chi connectivity index (χ2n) is 15.7. The van der Waals surface area contributed by atoms with Crippen LogP contribution in [0.5, 0.6) is 0 Å². The topological polar surface area (TPSA) is 86.5 Å². The Morgan fingerprint density at radius 3 is 1.63 bits per heavy atom. The maximum Gasteiger partial charge on any atom is 0.172 e. The molecule has 2 atom stereocenters. The summed E-state index contributed by atoms with van der Waals surface area (Å²) in [5.41, 5.74) is 10.5. The van der Waals surface area contributed by atoms with Crippen LogP contribution in [-0.4, -0.2) is 60.2 Å². The molecule has 0 fully saturated rings. The largest absolute Gasteiger partial charge is 0.378 e. The van der Waals surface area contributed by atoms with Crippen molar-refractivity contribution in [2.24, 2.45) is 0 Å². The van der Waals surface area contributed by atoms with Crippen LogP contribution >= 0.6 is 0 Å². The fraction of sp³-hybridized carbons (Fsp3) is 0.347. The molecule has 2 N–H and O–H groups in total. The Labute approximate surface area is 334 Å². The molecular formula is C49H52N4O4. The van der Waals surface area contributed by atoms with Crippen LogP contribution in [0.2, 0.25) is 0 Å². The van der Waals surface area contributed by atoms with Gasteiger partial charge in [-0.05, 0) is 72.9 Å². The van der Waals surface area contributed by atoms with Crippen LogP contribution in [0, 0.1) is 0 Å². The van der Waals surface area contributed by atoms with Crippen molar-refractivity contribution < 1.29 is 19.1 Å². The van der Waals surface area contributed by atoms with E-state index >= 15 is 0 Å². The van der Waals surface area contributed by atoms with E-state index in [0.717, 1.165) is 71.8 Å². The maximum atomic E-state index is 13.8. The molecule has 2 aromatic heterocycles. The number of hydrogen-bond donors (Lipinski definition) is 2. The molecule has 0 saturated carbocycles. The first-order valence-electron chi connectivity index (χ1n) is 20.9. The summed E-state index contributed by atoms with van der Waals surface area (Å²) in [6, 6.07) is 34.6. The lowest BCUT2D eigenvalue weighted by molar-refractivity contribution is -0.119. The highest BCUT2D eigenvalue weighted by Gasteiger charge is 2.35. The molecule has 0 spiro atoms. The Morgan fingerprint density at radius 1 is 0.544 bits per heavy atom. The number of para-hydroxylation sites is 2. The number of benzene rings is 4. The first-order valence-corrected chi connectivity index (χ1v) is 20.9. The predicted molar refractivity (Wildman–Crippen MR) is 227 cm³/mol. The zero-order chi connectivity index (χ0) is 38.6. The van der Waals surface area contributed by atoms with E-state index in [0.29, 0.717) is 56.2 Å². The standard InChI is InChI=1S/C49H52N4O4/c54-46-31-47(55)49(48(46)40-32-52(44-21-7-5-17-38(40)44)25-23-50-42-19-9-13-34-11-1-3-15-36(34)42)41-33-53(45-22-8-6-18-39(41)45)26-28-57-30-29-56-27-24-51-43-20-10-14-35-12-2-4-16-37(35)43/h1-8,11-12,15-18,21-22,32-33,42-43,50-51H,9-10,13-14,19-20,23-31H2. The van der Waals surface area contributed by atoms with Gasteiger partial charge in [-0.25, -0.2) is 0 Å². The fourth-order valence-corrected chi connectivity index (χ4v) is 9.51. The summed E-state index contributed by atoms with van der Waals surface area (Å²) in [5.74, 6) is -0.239. The van der Waals surface area contributed by atoms with Crippen molar-refractivity contribution in [2.75, 3.05) is 39.5 Å². The molecule has 3 aliphatic carbocycles. The van der Waals surface area contributed by atoms with Gasteiger partial charge < -0.3 is 29.2 Å². The molecule has 0 bridgehead atoms. The normalized spacial score (nSPS) is 18.2. The van der Waals surface area contributed by atoms with Crippen LogP contribution in [0.25, 0.3) is 33.0 Å². The van der Waals surface area contributed by atoms with Gasteiger partial charge in [0.2, 0.25) is 0 Å². The van der Waals surface area contributed by atoms with E-state index in [4.69, 9.17) is 9.47 Å². The fourth-order valence-electron chi connectivity index (χ4n) is 9.51. The molecule has 8 nitrogen and oxygen atoms in total. The van der Waals surface area contributed by atoms with Crippen molar-refractivity contribution in [3.05, 3.63) is 143 Å². The molecule has 6 aromatic rings. The van der Waals surface area contributed by atoms with Crippen molar-refractivity contribution in [3.63, 3.8) is 0 Å². The van der Waals surface area contributed by atoms with E-state index < -0.39 is 0 Å². The molecule has 2 heterocycles. The summed E-state index contributed by atoms with van der Waals surface area (Å²) in [6.45, 7) is 5.16. The Hall–Kier alpha value is -5.12. The summed E-state index contributed by atoms with van der Waals surface area (Å²) in [4.78, 5) is 27.6. The molecule has 4 aromatic carbocycles. The minimum Gasteiger partial charge on any atom is -0.378 e. The zero-order valence-corrected chi connectivity index (χ0v) is 32.7. The average molecular weight is 761 g/mol. The number of nitrogens with one attached hydrogen (secondary N) is 2. The van der Waals surface area contributed by atoms with Crippen LogP contribution in [0.15, 0.2) is 109 Å². The summed E-state index contributed by atoms with van der Waals surface area (Å²) >= 11 is 0. The zero-order valence-electron chi connectivity index (χ0n) is 32.7. The number of carbonyl (C=O) groups is 2. The number of aromatic nitrogens is 2. The van der Waals surface area contributed by atoms with E-state index in [2.05, 4.69) is 98.8 Å². The Kier molecular flexibility index (Phi) is 11.3. The number of hydrogen-bond acceptors (Lipinski definition) is 6. The molecule has 0 saturated heterocycles. The minimum atomic E-state index is -0.122. The Balaban J connectivity index is 0.866. The van der Waals surface area contributed by atoms with E-state index in [9.17, 15) is 9.59 Å². The van der Waals surface area contributed by atoms with Gasteiger partial charge in [-0.2, -0.15) is 0 Å². The molecule has 9 rings (SSSR count). The molecule has 57 heavy (non-hydrogen) atoms. The van der Waals surface area contributed by atoms with E-state index in [1.54, 1.807) is 0 Å². The molecule has 0 aliphatic heterocycles. The lowest BCUT2D eigenvalue weighted by Crippen LogP contribution is -2.28. The van der Waals surface area contributed by atoms with Gasteiger partial charge in [0.05, 0.1) is 32.8 Å². The number of ketones is 2. The van der Waals surface area contributed by atoms with Gasteiger partial charge in [0.25, 0.3) is 0 Å². The van der Waals surface area contributed by atoms with Crippen molar-refractivity contribution in [3.8, 4) is 0 Å². The number of fused-ring (bicyclic) bond motifs is 4. The third-order valence-corrected chi connectivity index (χ3v) is 12.2. The molecule has 2 unspecified atom stereocenters. The average Bonchev–Trinajstić information content (AvgIpc) is 3.89. The third-order valence-electron chi connectivity index (χ3n) is 12.2. The minimum absolute atomic E-state index is 0.112. The lowest BCUT2D eigenvalue weighted by atomic mass is 9.88. The number of carbonyl (C=O) groups excluding carboxylic acids is 2. The van der Waals surface area contributed by atoms with Gasteiger partial charge in [0.1, 0.15) is 0 Å². The van der Waals surface area contributed by atoms with Gasteiger partial charge >= 0.3 is 0 Å². The summed E-state index contributed by atoms with van der Waals surface area (Å²) in [6.07, 6.45) is 11.0. The predicted octanol–water partition coefficient (Wildman–Crippen LogP) is 8.42. The number of Topliss-reactive ketones (excluding diaryl/α,β-unsaturated/α-hetero) is 2. The van der Waals surface area contributed by atoms with Crippen molar-refractivity contribution >= 4 is 44.5 Å². The van der Waals surface area contributed by atoms with Gasteiger partial charge in [-0.15, -0.1) is 0 Å². The first-order chi connectivity index (χ1) is 28.1. The van der Waals surface area contributed by atoms with Gasteiger partial charge in [0.15, 0.2) is 11.6 Å². The Morgan fingerprint density at radius 2 is 1.04 bits per heavy atom. The van der Waals surface area contributed by atoms with E-state index in [-0.39, 0.29) is 18.0 Å². The molecule has 8 heteroatoms. The third kappa shape index (κ3) is 7.80. The molecule has 0 amide bonds.